The van der Waals surface area contributed by atoms with Crippen molar-refractivity contribution in [3.8, 4) is 17.2 Å². The Morgan fingerprint density at radius 2 is 1.76 bits per heavy atom. The van der Waals surface area contributed by atoms with Crippen LogP contribution in [-0.4, -0.2) is 27.4 Å². The van der Waals surface area contributed by atoms with Gasteiger partial charge in [0.15, 0.2) is 5.82 Å². The molecular formula is C19H16F3N3O3U. The summed E-state index contributed by atoms with van der Waals surface area (Å²) in [5.41, 5.74) is 1.72. The first-order valence-corrected chi connectivity index (χ1v) is 7.72. The molecular weight excluding hydrogens is 613 g/mol. The molecule has 0 fully saturated rings. The van der Waals surface area contributed by atoms with E-state index in [0.29, 0.717) is 22.8 Å². The Bertz CT molecular complexity index is 944. The topological polar surface area (TPSA) is 66.2 Å². The predicted octanol–water partition coefficient (Wildman–Crippen LogP) is 3.96. The largest absolute Gasteiger partial charge is 2.00 e. The summed E-state index contributed by atoms with van der Waals surface area (Å²) in [6.45, 7) is 1.86. The van der Waals surface area contributed by atoms with Gasteiger partial charge in [-0.15, -0.1) is 29.4 Å². The molecule has 0 amide bonds. The smallest absolute Gasteiger partial charge is 0.488 e. The van der Waals surface area contributed by atoms with E-state index in [4.69, 9.17) is 4.74 Å². The van der Waals surface area contributed by atoms with Crippen molar-refractivity contribution in [2.24, 2.45) is 0 Å². The standard InChI is InChI=1S/C18H13F3N3O3.CH3.U/c1-12-8-16(5-2-13(12)9-25)26-10-17-22-11-24(23-17)14-3-6-15(7-4-14)27-18(19,20)21;;/h2-8,11H,10H2,1H3;1H3;/q2*-1;+2. The molecule has 0 saturated heterocycles. The number of nitrogens with zero attached hydrogens (tertiary/aromatic N) is 3. The predicted molar refractivity (Wildman–Crippen MR) is 94.8 cm³/mol. The van der Waals surface area contributed by atoms with Gasteiger partial charge in [0, 0.05) is 0 Å². The number of aromatic nitrogens is 3. The van der Waals surface area contributed by atoms with Crippen molar-refractivity contribution < 1.29 is 58.6 Å². The second-order valence-corrected chi connectivity index (χ2v) is 5.51. The third-order valence-corrected chi connectivity index (χ3v) is 3.55. The Balaban J connectivity index is 0.00000210. The molecule has 3 aromatic rings. The number of alkyl halides is 3. The van der Waals surface area contributed by atoms with Gasteiger partial charge in [-0.05, 0) is 24.3 Å². The molecule has 0 spiro atoms. The third kappa shape index (κ3) is 6.91. The van der Waals surface area contributed by atoms with E-state index in [9.17, 15) is 18.0 Å². The van der Waals surface area contributed by atoms with E-state index in [2.05, 4.69) is 14.8 Å². The van der Waals surface area contributed by atoms with Gasteiger partial charge in [-0.25, -0.2) is 9.67 Å². The first kappa shape index (κ1) is 24.7. The van der Waals surface area contributed by atoms with E-state index < -0.39 is 6.36 Å². The fraction of sp³-hybridized carbons (Fsp3) is 0.158. The number of hydrogen-bond donors (Lipinski definition) is 0. The monoisotopic (exact) mass is 629 g/mol. The molecule has 6 nitrogen and oxygen atoms in total. The third-order valence-electron chi connectivity index (χ3n) is 3.55. The number of rotatable bonds is 6. The summed E-state index contributed by atoms with van der Waals surface area (Å²) in [5, 5.41) is 4.21. The van der Waals surface area contributed by atoms with Gasteiger partial charge in [-0.3, -0.25) is 0 Å². The van der Waals surface area contributed by atoms with Gasteiger partial charge in [0.05, 0.1) is 17.7 Å². The Labute approximate surface area is 189 Å². The molecule has 150 valence electrons. The summed E-state index contributed by atoms with van der Waals surface area (Å²) < 4.78 is 47.3. The van der Waals surface area contributed by atoms with Crippen molar-refractivity contribution in [2.45, 2.75) is 19.9 Å². The molecule has 0 aliphatic rings. The number of aryl methyl sites for hydroxylation is 1. The van der Waals surface area contributed by atoms with Crippen molar-refractivity contribution in [3.05, 3.63) is 73.2 Å². The second kappa shape index (κ2) is 10.5. The van der Waals surface area contributed by atoms with Crippen LogP contribution in [0.5, 0.6) is 11.5 Å². The van der Waals surface area contributed by atoms with Crippen LogP contribution in [0.25, 0.3) is 5.69 Å². The van der Waals surface area contributed by atoms with Crippen LogP contribution in [0.2, 0.25) is 0 Å². The van der Waals surface area contributed by atoms with Crippen LogP contribution >= 0.6 is 0 Å². The summed E-state index contributed by atoms with van der Waals surface area (Å²) in [5.74, 6) is 0.618. The first-order valence-electron chi connectivity index (χ1n) is 7.72. The van der Waals surface area contributed by atoms with E-state index in [-0.39, 0.29) is 50.9 Å². The number of carbonyl (C=O) groups excluding carboxylic acids is 1. The zero-order valence-electron chi connectivity index (χ0n) is 15.5. The maximum atomic E-state index is 12.2. The Hall–Kier alpha value is -2.31. The molecule has 29 heavy (non-hydrogen) atoms. The van der Waals surface area contributed by atoms with Crippen LogP contribution < -0.4 is 9.47 Å². The SMILES string of the molecule is Cc1cc(OCc2ncn(-c3ccc(OC(F)(F)F)cc3)n2)ccc1[C-]=O.[CH3-].[U+2]. The second-order valence-electron chi connectivity index (χ2n) is 5.51. The van der Waals surface area contributed by atoms with Crippen molar-refractivity contribution >= 4 is 6.29 Å². The number of halogens is 3. The zero-order valence-corrected chi connectivity index (χ0v) is 19.7. The van der Waals surface area contributed by atoms with E-state index in [0.717, 1.165) is 5.56 Å². The van der Waals surface area contributed by atoms with Crippen LogP contribution in [0.4, 0.5) is 13.2 Å². The van der Waals surface area contributed by atoms with Crippen LogP contribution in [0.15, 0.2) is 48.8 Å². The molecule has 1 aromatic heterocycles. The molecule has 0 bridgehead atoms. The van der Waals surface area contributed by atoms with Gasteiger partial charge >= 0.3 is 37.5 Å². The molecule has 2 aromatic carbocycles. The molecule has 1 heterocycles. The quantitative estimate of drug-likeness (QED) is 0.387. The average molecular weight is 629 g/mol. The minimum Gasteiger partial charge on any atom is -0.488 e. The minimum absolute atomic E-state index is 0. The summed E-state index contributed by atoms with van der Waals surface area (Å²) >= 11 is 0. The summed E-state index contributed by atoms with van der Waals surface area (Å²) in [7, 11) is 0. The van der Waals surface area contributed by atoms with Gasteiger partial charge in [-0.2, -0.15) is 6.07 Å². The first-order chi connectivity index (χ1) is 12.8. The molecule has 3 rings (SSSR count). The summed E-state index contributed by atoms with van der Waals surface area (Å²) in [4.78, 5) is 14.8. The Morgan fingerprint density at radius 3 is 2.34 bits per heavy atom. The number of ether oxygens (including phenoxy) is 2. The number of hydrogen-bond acceptors (Lipinski definition) is 5. The van der Waals surface area contributed by atoms with Crippen LogP contribution in [0.1, 0.15) is 17.0 Å². The molecule has 0 aliphatic carbocycles. The summed E-state index contributed by atoms with van der Waals surface area (Å²) in [6, 6.07) is 10.2. The van der Waals surface area contributed by atoms with Gasteiger partial charge in [-0.1, -0.05) is 19.1 Å². The van der Waals surface area contributed by atoms with Crippen molar-refractivity contribution in [1.82, 2.24) is 14.8 Å². The van der Waals surface area contributed by atoms with Crippen LogP contribution in [-0.2, 0) is 11.4 Å². The maximum absolute atomic E-state index is 12.2. The molecule has 0 aliphatic heterocycles. The molecule has 0 unspecified atom stereocenters. The van der Waals surface area contributed by atoms with Crippen LogP contribution in [0, 0.1) is 45.5 Å². The zero-order chi connectivity index (χ0) is 19.4. The fourth-order valence-corrected chi connectivity index (χ4v) is 2.28. The molecule has 0 atom stereocenters. The van der Waals surface area contributed by atoms with E-state index in [1.807, 2.05) is 6.29 Å². The van der Waals surface area contributed by atoms with Gasteiger partial charge in [0.25, 0.3) is 0 Å². The van der Waals surface area contributed by atoms with Gasteiger partial charge < -0.3 is 21.7 Å². The number of benzene rings is 2. The van der Waals surface area contributed by atoms with Crippen molar-refractivity contribution in [1.29, 1.82) is 0 Å². The molecule has 0 radical (unpaired) electrons. The van der Waals surface area contributed by atoms with Gasteiger partial charge in [0.1, 0.15) is 18.7 Å². The molecule has 0 saturated carbocycles. The molecule has 0 N–H and O–H groups in total. The van der Waals surface area contributed by atoms with Crippen molar-refractivity contribution in [3.63, 3.8) is 0 Å². The Kier molecular flexibility index (Phi) is 8.92. The molecule has 10 heteroatoms. The maximum Gasteiger partial charge on any atom is 2.00 e. The average Bonchev–Trinajstić information content (AvgIpc) is 3.08. The summed E-state index contributed by atoms with van der Waals surface area (Å²) in [6.07, 6.45) is -1.48. The minimum atomic E-state index is -4.74. The van der Waals surface area contributed by atoms with E-state index in [1.54, 1.807) is 25.1 Å². The Morgan fingerprint density at radius 1 is 1.10 bits per heavy atom. The normalized spacial score (nSPS) is 10.5. The fourth-order valence-electron chi connectivity index (χ4n) is 2.28. The van der Waals surface area contributed by atoms with E-state index >= 15 is 0 Å². The van der Waals surface area contributed by atoms with Gasteiger partial charge in [0.2, 0.25) is 0 Å². The van der Waals surface area contributed by atoms with Crippen molar-refractivity contribution in [2.75, 3.05) is 0 Å². The van der Waals surface area contributed by atoms with Crippen LogP contribution in [0.3, 0.4) is 0 Å². The van der Waals surface area contributed by atoms with E-state index in [1.165, 1.54) is 35.3 Å².